The van der Waals surface area contributed by atoms with E-state index in [2.05, 4.69) is 21.6 Å². The number of nitrogens with zero attached hydrogens (tertiary/aromatic N) is 2. The number of ether oxygens (including phenoxy) is 2. The number of hydrogen-bond acceptors (Lipinski definition) is 5. The molecule has 19 heavy (non-hydrogen) atoms. The number of methoxy groups -OCH3 is 1. The first-order valence-electron chi connectivity index (χ1n) is 6.74. The Morgan fingerprint density at radius 3 is 2.63 bits per heavy atom. The van der Waals surface area contributed by atoms with E-state index in [1.807, 2.05) is 6.92 Å². The Balaban J connectivity index is 2.38. The third-order valence-corrected chi connectivity index (χ3v) is 2.81. The average molecular weight is 266 g/mol. The fourth-order valence-corrected chi connectivity index (χ4v) is 1.71. The van der Waals surface area contributed by atoms with Crippen LogP contribution in [0.4, 0.5) is 0 Å². The summed E-state index contributed by atoms with van der Waals surface area (Å²) in [5.41, 5.74) is 0.186. The van der Waals surface area contributed by atoms with Crippen LogP contribution in [-0.4, -0.2) is 29.2 Å². The van der Waals surface area contributed by atoms with Gasteiger partial charge in [0.1, 0.15) is 0 Å². The maximum absolute atomic E-state index is 11.2. The van der Waals surface area contributed by atoms with Gasteiger partial charge >= 0.3 is 5.97 Å². The molecule has 0 N–H and O–H groups in total. The lowest BCUT2D eigenvalue weighted by atomic mass is 10.1. The Bertz CT molecular complexity index is 379. The summed E-state index contributed by atoms with van der Waals surface area (Å²) in [5.74, 6) is -0.0534. The number of unbranched alkanes of at least 4 members (excludes halogenated alkanes) is 3. The molecule has 0 bridgehead atoms. The van der Waals surface area contributed by atoms with Crippen molar-refractivity contribution in [1.29, 1.82) is 0 Å². The lowest BCUT2D eigenvalue weighted by Gasteiger charge is -2.13. The number of rotatable bonds is 8. The van der Waals surface area contributed by atoms with E-state index in [-0.39, 0.29) is 11.8 Å². The second-order valence-corrected chi connectivity index (χ2v) is 4.51. The van der Waals surface area contributed by atoms with E-state index in [1.165, 1.54) is 38.8 Å². The van der Waals surface area contributed by atoms with Gasteiger partial charge in [0.25, 0.3) is 0 Å². The quantitative estimate of drug-likeness (QED) is 0.534. The van der Waals surface area contributed by atoms with Gasteiger partial charge in [-0.3, -0.25) is 0 Å². The van der Waals surface area contributed by atoms with E-state index in [1.54, 1.807) is 0 Å². The number of hydrogen-bond donors (Lipinski definition) is 0. The van der Waals surface area contributed by atoms with Crippen molar-refractivity contribution in [2.75, 3.05) is 7.11 Å². The molecular formula is C14H22N2O3. The van der Waals surface area contributed by atoms with Crippen LogP contribution < -0.4 is 4.74 Å². The fourth-order valence-electron chi connectivity index (χ4n) is 1.71. The zero-order valence-corrected chi connectivity index (χ0v) is 11.9. The smallest absolute Gasteiger partial charge is 0.358 e. The van der Waals surface area contributed by atoms with Crippen LogP contribution in [-0.2, 0) is 4.74 Å². The molecule has 0 aromatic carbocycles. The summed E-state index contributed by atoms with van der Waals surface area (Å²) in [7, 11) is 1.31. The first-order chi connectivity index (χ1) is 9.17. The van der Waals surface area contributed by atoms with Gasteiger partial charge in [-0.1, -0.05) is 26.2 Å². The van der Waals surface area contributed by atoms with Gasteiger partial charge in [0.15, 0.2) is 5.69 Å². The van der Waals surface area contributed by atoms with Gasteiger partial charge in [0, 0.05) is 0 Å². The summed E-state index contributed by atoms with van der Waals surface area (Å²) in [6.45, 7) is 4.21. The van der Waals surface area contributed by atoms with Crippen molar-refractivity contribution in [3.05, 3.63) is 18.1 Å². The van der Waals surface area contributed by atoms with Crippen molar-refractivity contribution in [2.45, 2.75) is 52.1 Å². The predicted molar refractivity (Wildman–Crippen MR) is 72.2 cm³/mol. The SMILES string of the molecule is CCCCCCC(C)Oc1cnc(C(=O)OC)cn1. The van der Waals surface area contributed by atoms with Crippen molar-refractivity contribution in [3.63, 3.8) is 0 Å². The summed E-state index contributed by atoms with van der Waals surface area (Å²) < 4.78 is 10.2. The summed E-state index contributed by atoms with van der Waals surface area (Å²) >= 11 is 0. The third kappa shape index (κ3) is 5.68. The molecule has 5 heteroatoms. The molecule has 106 valence electrons. The Morgan fingerprint density at radius 2 is 2.05 bits per heavy atom. The summed E-state index contributed by atoms with van der Waals surface area (Å²) in [6.07, 6.45) is 8.81. The van der Waals surface area contributed by atoms with Gasteiger partial charge in [0.2, 0.25) is 5.88 Å². The minimum atomic E-state index is -0.494. The van der Waals surface area contributed by atoms with E-state index in [0.29, 0.717) is 5.88 Å². The van der Waals surface area contributed by atoms with Crippen molar-refractivity contribution < 1.29 is 14.3 Å². The second-order valence-electron chi connectivity index (χ2n) is 4.51. The normalized spacial score (nSPS) is 11.9. The van der Waals surface area contributed by atoms with Crippen LogP contribution in [0.5, 0.6) is 5.88 Å². The van der Waals surface area contributed by atoms with Gasteiger partial charge in [-0.15, -0.1) is 0 Å². The molecule has 1 atom stereocenters. The van der Waals surface area contributed by atoms with E-state index in [0.717, 1.165) is 12.8 Å². The Labute approximate surface area is 114 Å². The van der Waals surface area contributed by atoms with E-state index < -0.39 is 5.97 Å². The fraction of sp³-hybridized carbons (Fsp3) is 0.643. The van der Waals surface area contributed by atoms with Crippen LogP contribution in [0, 0.1) is 0 Å². The molecule has 0 aliphatic carbocycles. The molecule has 1 unspecified atom stereocenters. The zero-order valence-electron chi connectivity index (χ0n) is 11.9. The molecule has 0 amide bonds. The summed E-state index contributed by atoms with van der Waals surface area (Å²) in [5, 5.41) is 0. The highest BCUT2D eigenvalue weighted by Crippen LogP contribution is 2.12. The van der Waals surface area contributed by atoms with Gasteiger partial charge in [-0.25, -0.2) is 14.8 Å². The molecule has 0 saturated carbocycles. The molecule has 0 aliphatic rings. The molecule has 1 rings (SSSR count). The molecule has 0 saturated heterocycles. The Morgan fingerprint density at radius 1 is 1.26 bits per heavy atom. The van der Waals surface area contributed by atoms with E-state index >= 15 is 0 Å². The van der Waals surface area contributed by atoms with Crippen LogP contribution in [0.25, 0.3) is 0 Å². The Hall–Kier alpha value is -1.65. The third-order valence-electron chi connectivity index (χ3n) is 2.81. The standard InChI is InChI=1S/C14H22N2O3/c1-4-5-6-7-8-11(2)19-13-10-15-12(9-16-13)14(17)18-3/h9-11H,4-8H2,1-3H3. The highest BCUT2D eigenvalue weighted by molar-refractivity contribution is 5.86. The molecular weight excluding hydrogens is 244 g/mol. The molecule has 0 spiro atoms. The molecule has 1 aromatic heterocycles. The Kier molecular flexibility index (Phi) is 6.85. The predicted octanol–water partition coefficient (Wildman–Crippen LogP) is 3.00. The summed E-state index contributed by atoms with van der Waals surface area (Å²) in [4.78, 5) is 19.2. The van der Waals surface area contributed by atoms with Crippen LogP contribution in [0.2, 0.25) is 0 Å². The first kappa shape index (κ1) is 15.4. The van der Waals surface area contributed by atoms with Crippen LogP contribution >= 0.6 is 0 Å². The van der Waals surface area contributed by atoms with Crippen molar-refractivity contribution in [3.8, 4) is 5.88 Å². The van der Waals surface area contributed by atoms with Crippen LogP contribution in [0.1, 0.15) is 56.4 Å². The topological polar surface area (TPSA) is 61.3 Å². The molecule has 1 aromatic rings. The number of carbonyl (C=O) groups is 1. The average Bonchev–Trinajstić information content (AvgIpc) is 2.43. The maximum atomic E-state index is 11.2. The molecule has 0 radical (unpaired) electrons. The van der Waals surface area contributed by atoms with Gasteiger partial charge in [-0.05, 0) is 19.8 Å². The number of esters is 1. The van der Waals surface area contributed by atoms with Crippen LogP contribution in [0.3, 0.4) is 0 Å². The maximum Gasteiger partial charge on any atom is 0.358 e. The minimum absolute atomic E-state index is 0.107. The minimum Gasteiger partial charge on any atom is -0.474 e. The highest BCUT2D eigenvalue weighted by atomic mass is 16.5. The number of aromatic nitrogens is 2. The zero-order chi connectivity index (χ0) is 14.1. The van der Waals surface area contributed by atoms with Crippen molar-refractivity contribution in [1.82, 2.24) is 9.97 Å². The highest BCUT2D eigenvalue weighted by Gasteiger charge is 2.09. The lowest BCUT2D eigenvalue weighted by molar-refractivity contribution is 0.0593. The first-order valence-corrected chi connectivity index (χ1v) is 6.74. The monoisotopic (exact) mass is 266 g/mol. The van der Waals surface area contributed by atoms with Gasteiger partial charge < -0.3 is 9.47 Å². The molecule has 5 nitrogen and oxygen atoms in total. The van der Waals surface area contributed by atoms with Crippen molar-refractivity contribution >= 4 is 5.97 Å². The van der Waals surface area contributed by atoms with E-state index in [4.69, 9.17) is 4.74 Å². The number of carbonyl (C=O) groups excluding carboxylic acids is 1. The lowest BCUT2D eigenvalue weighted by Crippen LogP contribution is -2.13. The molecule has 1 heterocycles. The largest absolute Gasteiger partial charge is 0.474 e. The van der Waals surface area contributed by atoms with Gasteiger partial charge in [-0.2, -0.15) is 0 Å². The van der Waals surface area contributed by atoms with Crippen molar-refractivity contribution in [2.24, 2.45) is 0 Å². The van der Waals surface area contributed by atoms with Gasteiger partial charge in [0.05, 0.1) is 25.6 Å². The summed E-state index contributed by atoms with van der Waals surface area (Å²) in [6, 6.07) is 0. The van der Waals surface area contributed by atoms with Crippen LogP contribution in [0.15, 0.2) is 12.4 Å². The molecule has 0 fully saturated rings. The second kappa shape index (κ2) is 8.45. The van der Waals surface area contributed by atoms with E-state index in [9.17, 15) is 4.79 Å². The molecule has 0 aliphatic heterocycles.